The number of rotatable bonds is 4. The molecule has 0 amide bonds. The van der Waals surface area contributed by atoms with Crippen molar-refractivity contribution in [3.8, 4) is 0 Å². The summed E-state index contributed by atoms with van der Waals surface area (Å²) < 4.78 is 12.2. The van der Waals surface area contributed by atoms with E-state index in [0.29, 0.717) is 0 Å². The molecule has 138 valence electrons. The highest BCUT2D eigenvalue weighted by atomic mass is 35.5. The molecule has 3 rings (SSSR count). The molecule has 26 heavy (non-hydrogen) atoms. The van der Waals surface area contributed by atoms with Crippen LogP contribution < -0.4 is 5.19 Å². The van der Waals surface area contributed by atoms with Gasteiger partial charge in [-0.25, -0.2) is 0 Å². The van der Waals surface area contributed by atoms with Gasteiger partial charge in [0.1, 0.15) is 12.5 Å². The van der Waals surface area contributed by atoms with Crippen LogP contribution >= 0.6 is 11.6 Å². The minimum atomic E-state index is -2.25. The van der Waals surface area contributed by atoms with Crippen molar-refractivity contribution in [3.05, 3.63) is 66.2 Å². The van der Waals surface area contributed by atoms with Gasteiger partial charge in [-0.3, -0.25) is 0 Å². The Bertz CT molecular complexity index is 748. The summed E-state index contributed by atoms with van der Waals surface area (Å²) >= 11 is 7.56. The standard InChI is InChI=1S/C21H28BClO2Si/c1-19(2)20(3,4)25-22(24-19)21(23,17-13-9-7-10-14-17)26(5,6)18-15-11-8-12-16-18/h7-16H,1-6H3. The first-order valence-electron chi connectivity index (χ1n) is 9.18. The van der Waals surface area contributed by atoms with Gasteiger partial charge >= 0.3 is 7.12 Å². The third-order valence-corrected chi connectivity index (χ3v) is 12.1. The molecule has 2 aromatic rings. The second kappa shape index (κ2) is 6.52. The molecule has 1 aliphatic heterocycles. The van der Waals surface area contributed by atoms with Gasteiger partial charge in [0.15, 0.2) is 0 Å². The zero-order valence-corrected chi connectivity index (χ0v) is 18.3. The maximum absolute atomic E-state index is 7.56. The Morgan fingerprint density at radius 1 is 0.808 bits per heavy atom. The molecular formula is C21H28BClO2Si. The normalized spacial score (nSPS) is 21.4. The Morgan fingerprint density at radius 3 is 1.69 bits per heavy atom. The van der Waals surface area contributed by atoms with Crippen LogP contribution in [0.3, 0.4) is 0 Å². The van der Waals surface area contributed by atoms with Crippen LogP contribution in [0.15, 0.2) is 60.7 Å². The lowest BCUT2D eigenvalue weighted by Gasteiger charge is -2.42. The molecule has 1 unspecified atom stereocenters. The molecule has 1 atom stereocenters. The van der Waals surface area contributed by atoms with Crippen LogP contribution in [-0.4, -0.2) is 26.4 Å². The van der Waals surface area contributed by atoms with Crippen LogP contribution in [0.4, 0.5) is 0 Å². The molecule has 0 aromatic heterocycles. The molecule has 0 radical (unpaired) electrons. The summed E-state index contributed by atoms with van der Waals surface area (Å²) in [5, 5.41) is 1.29. The summed E-state index contributed by atoms with van der Waals surface area (Å²) in [6.07, 6.45) is 0. The predicted octanol–water partition coefficient (Wildman–Crippen LogP) is 4.91. The first-order valence-corrected chi connectivity index (χ1v) is 12.6. The summed E-state index contributed by atoms with van der Waals surface area (Å²) in [6, 6.07) is 20.8. The number of alkyl halides is 1. The van der Waals surface area contributed by atoms with Gasteiger partial charge in [0.25, 0.3) is 0 Å². The molecule has 0 aliphatic carbocycles. The van der Waals surface area contributed by atoms with Crippen molar-refractivity contribution in [3.63, 3.8) is 0 Å². The van der Waals surface area contributed by atoms with E-state index < -0.39 is 30.8 Å². The van der Waals surface area contributed by atoms with Gasteiger partial charge in [-0.05, 0) is 33.3 Å². The highest BCUT2D eigenvalue weighted by molar-refractivity contribution is 7.05. The average Bonchev–Trinajstić information content (AvgIpc) is 2.83. The largest absolute Gasteiger partial charge is 0.482 e. The van der Waals surface area contributed by atoms with Gasteiger partial charge < -0.3 is 9.31 Å². The monoisotopic (exact) mass is 386 g/mol. The molecule has 5 heteroatoms. The Balaban J connectivity index is 2.17. The number of hydrogen-bond acceptors (Lipinski definition) is 2. The van der Waals surface area contributed by atoms with E-state index >= 15 is 0 Å². The highest BCUT2D eigenvalue weighted by Gasteiger charge is 2.65. The molecule has 0 N–H and O–H groups in total. The lowest BCUT2D eigenvalue weighted by Crippen LogP contribution is -2.65. The van der Waals surface area contributed by atoms with Crippen LogP contribution in [0.25, 0.3) is 0 Å². The van der Waals surface area contributed by atoms with Gasteiger partial charge in [-0.2, -0.15) is 0 Å². The van der Waals surface area contributed by atoms with Crippen molar-refractivity contribution < 1.29 is 9.31 Å². The van der Waals surface area contributed by atoms with Gasteiger partial charge in [-0.15, -0.1) is 11.6 Å². The van der Waals surface area contributed by atoms with Crippen molar-refractivity contribution in [2.75, 3.05) is 0 Å². The maximum atomic E-state index is 7.56. The summed E-state index contributed by atoms with van der Waals surface area (Å²) in [5.41, 5.74) is 0.210. The van der Waals surface area contributed by atoms with E-state index in [1.807, 2.05) is 24.3 Å². The molecule has 1 heterocycles. The van der Waals surface area contributed by atoms with E-state index in [0.717, 1.165) is 5.56 Å². The molecular weight excluding hydrogens is 359 g/mol. The summed E-state index contributed by atoms with van der Waals surface area (Å²) in [7, 11) is -2.76. The van der Waals surface area contributed by atoms with E-state index in [2.05, 4.69) is 77.2 Å². The highest BCUT2D eigenvalue weighted by Crippen LogP contribution is 2.49. The summed E-state index contributed by atoms with van der Waals surface area (Å²) in [5.74, 6) is 0. The zero-order chi connectivity index (χ0) is 19.2. The average molecular weight is 387 g/mol. The first kappa shape index (κ1) is 19.7. The second-order valence-corrected chi connectivity index (χ2v) is 14.2. The molecule has 1 aliphatic rings. The third kappa shape index (κ3) is 2.97. The van der Waals surface area contributed by atoms with Crippen molar-refractivity contribution in [1.82, 2.24) is 0 Å². The van der Waals surface area contributed by atoms with Gasteiger partial charge in [-0.1, -0.05) is 78.9 Å². The summed E-state index contributed by atoms with van der Waals surface area (Å²) in [6.45, 7) is 12.9. The SMILES string of the molecule is CC1(C)OB(C(Cl)(c2ccccc2)[Si](C)(C)c2ccccc2)OC1(C)C. The Hall–Kier alpha value is -1.07. The Kier molecular flexibility index (Phi) is 4.94. The quantitative estimate of drug-likeness (QED) is 0.549. The van der Waals surface area contributed by atoms with Crippen LogP contribution in [0.5, 0.6) is 0 Å². The van der Waals surface area contributed by atoms with Crippen LogP contribution in [0.1, 0.15) is 33.3 Å². The number of halogens is 1. The van der Waals surface area contributed by atoms with Crippen molar-refractivity contribution in [2.24, 2.45) is 0 Å². The predicted molar refractivity (Wildman–Crippen MR) is 114 cm³/mol. The molecule has 1 saturated heterocycles. The fraction of sp³-hybridized carbons (Fsp3) is 0.429. The van der Waals surface area contributed by atoms with E-state index in [4.69, 9.17) is 20.9 Å². The van der Waals surface area contributed by atoms with Crippen molar-refractivity contribution >= 4 is 32.0 Å². The molecule has 2 aromatic carbocycles. The third-order valence-electron chi connectivity index (χ3n) is 6.18. The smallest absolute Gasteiger partial charge is 0.402 e. The minimum absolute atomic E-state index is 0.423. The lowest BCUT2D eigenvalue weighted by molar-refractivity contribution is 0.00578. The molecule has 1 fully saturated rings. The maximum Gasteiger partial charge on any atom is 0.482 e. The zero-order valence-electron chi connectivity index (χ0n) is 16.5. The molecule has 0 bridgehead atoms. The lowest BCUT2D eigenvalue weighted by atomic mass is 9.78. The van der Waals surface area contributed by atoms with Gasteiger partial charge in [0.2, 0.25) is 0 Å². The van der Waals surface area contributed by atoms with Crippen LogP contribution in [0, 0.1) is 0 Å². The first-order chi connectivity index (χ1) is 12.0. The molecule has 2 nitrogen and oxygen atoms in total. The van der Waals surface area contributed by atoms with E-state index in [1.165, 1.54) is 5.19 Å². The van der Waals surface area contributed by atoms with Gasteiger partial charge in [0.05, 0.1) is 11.2 Å². The topological polar surface area (TPSA) is 18.5 Å². The van der Waals surface area contributed by atoms with Crippen molar-refractivity contribution in [2.45, 2.75) is 56.4 Å². The fourth-order valence-electron chi connectivity index (χ4n) is 3.54. The molecule has 0 saturated carbocycles. The van der Waals surface area contributed by atoms with Crippen LogP contribution in [-0.2, 0) is 13.7 Å². The number of benzene rings is 2. The minimum Gasteiger partial charge on any atom is -0.402 e. The van der Waals surface area contributed by atoms with E-state index in [-0.39, 0.29) is 0 Å². The fourth-order valence-corrected chi connectivity index (χ4v) is 7.13. The van der Waals surface area contributed by atoms with E-state index in [9.17, 15) is 0 Å². The second-order valence-electron chi connectivity index (χ2n) is 8.66. The van der Waals surface area contributed by atoms with Gasteiger partial charge in [0, 0.05) is 0 Å². The van der Waals surface area contributed by atoms with Crippen molar-refractivity contribution in [1.29, 1.82) is 0 Å². The molecule has 0 spiro atoms. The van der Waals surface area contributed by atoms with Crippen LogP contribution in [0.2, 0.25) is 13.1 Å². The summed E-state index contributed by atoms with van der Waals surface area (Å²) in [4.78, 5) is 0. The Morgan fingerprint density at radius 2 is 1.23 bits per heavy atom. The Labute approximate surface area is 164 Å². The van der Waals surface area contributed by atoms with E-state index in [1.54, 1.807) is 0 Å². The number of hydrogen-bond donors (Lipinski definition) is 0.